The number of carbonyl (C=O) groups is 1. The topological polar surface area (TPSA) is 70.6 Å². The second kappa shape index (κ2) is 12.5. The molecular weight excluding hydrogens is 561 g/mol. The summed E-state index contributed by atoms with van der Waals surface area (Å²) in [7, 11) is 0. The van der Waals surface area contributed by atoms with Crippen LogP contribution < -0.4 is 10.1 Å². The summed E-state index contributed by atoms with van der Waals surface area (Å²) >= 11 is 8.13. The highest BCUT2D eigenvalue weighted by Gasteiger charge is 2.25. The predicted molar refractivity (Wildman–Crippen MR) is 161 cm³/mol. The Morgan fingerprint density at radius 3 is 2.83 bits per heavy atom. The fourth-order valence-electron chi connectivity index (χ4n) is 5.38. The van der Waals surface area contributed by atoms with Crippen LogP contribution in [-0.4, -0.2) is 51.9 Å². The number of nitrogens with one attached hydrogen (secondary N) is 1. The van der Waals surface area contributed by atoms with Crippen LogP contribution in [0.5, 0.6) is 5.75 Å². The Morgan fingerprint density at radius 2 is 2.00 bits per heavy atom. The van der Waals surface area contributed by atoms with Crippen molar-refractivity contribution in [1.29, 1.82) is 0 Å². The molecule has 2 aromatic carbocycles. The molecule has 0 saturated carbocycles. The fourth-order valence-corrected chi connectivity index (χ4v) is 6.82. The van der Waals surface area contributed by atoms with Crippen LogP contribution in [-0.2, 0) is 24.4 Å². The van der Waals surface area contributed by atoms with Crippen molar-refractivity contribution in [3.8, 4) is 5.75 Å². The molecule has 41 heavy (non-hydrogen) atoms. The zero-order valence-corrected chi connectivity index (χ0v) is 24.2. The van der Waals surface area contributed by atoms with Crippen LogP contribution in [0.1, 0.15) is 35.3 Å². The number of ether oxygens (including phenoxy) is 1. The first-order chi connectivity index (χ1) is 20.0. The molecule has 0 unspecified atom stereocenters. The second-order valence-corrected chi connectivity index (χ2v) is 11.9. The van der Waals surface area contributed by atoms with Gasteiger partial charge in [-0.3, -0.25) is 9.69 Å². The summed E-state index contributed by atoms with van der Waals surface area (Å²) < 4.78 is 19.3. The SMILES string of the molecule is O=C(/C=C/CN1CCCCC1)N1CCc2c(sc3ncnc(Nc4ccc(OCc5cccc(F)c5)c(Cl)c4)c23)C1. The average Bonchev–Trinajstić information content (AvgIpc) is 3.36. The monoisotopic (exact) mass is 591 g/mol. The van der Waals surface area contributed by atoms with Gasteiger partial charge in [0.15, 0.2) is 0 Å². The highest BCUT2D eigenvalue weighted by molar-refractivity contribution is 7.19. The van der Waals surface area contributed by atoms with E-state index in [1.165, 1.54) is 37.0 Å². The third kappa shape index (κ3) is 6.53. The van der Waals surface area contributed by atoms with Crippen molar-refractivity contribution in [1.82, 2.24) is 19.8 Å². The van der Waals surface area contributed by atoms with Gasteiger partial charge >= 0.3 is 0 Å². The van der Waals surface area contributed by atoms with Gasteiger partial charge in [0, 0.05) is 29.7 Å². The molecule has 4 aromatic rings. The maximum Gasteiger partial charge on any atom is 0.246 e. The van der Waals surface area contributed by atoms with E-state index in [0.29, 0.717) is 29.7 Å². The molecule has 1 N–H and O–H groups in total. The van der Waals surface area contributed by atoms with Gasteiger partial charge in [-0.15, -0.1) is 11.3 Å². The van der Waals surface area contributed by atoms with E-state index in [0.717, 1.165) is 52.4 Å². The van der Waals surface area contributed by atoms with Crippen molar-refractivity contribution >= 4 is 50.6 Å². The lowest BCUT2D eigenvalue weighted by Gasteiger charge is -2.27. The summed E-state index contributed by atoms with van der Waals surface area (Å²) in [6, 6.07) is 11.7. The number of piperidine rings is 1. The molecular formula is C31H31ClFN5O2S. The van der Waals surface area contributed by atoms with E-state index in [-0.39, 0.29) is 18.3 Å². The molecule has 2 aliphatic heterocycles. The van der Waals surface area contributed by atoms with Gasteiger partial charge in [-0.1, -0.05) is 36.2 Å². The summed E-state index contributed by atoms with van der Waals surface area (Å²) in [6.07, 6.45) is 9.83. The van der Waals surface area contributed by atoms with E-state index < -0.39 is 0 Å². The molecule has 0 spiro atoms. The second-order valence-electron chi connectivity index (χ2n) is 10.4. The minimum Gasteiger partial charge on any atom is -0.487 e. The van der Waals surface area contributed by atoms with Crippen molar-refractivity contribution in [2.45, 2.75) is 38.8 Å². The Hall–Kier alpha value is -3.53. The van der Waals surface area contributed by atoms with E-state index in [2.05, 4.69) is 20.2 Å². The first-order valence-corrected chi connectivity index (χ1v) is 15.1. The van der Waals surface area contributed by atoms with Gasteiger partial charge in [-0.05, 0) is 73.8 Å². The molecule has 1 fully saturated rings. The van der Waals surface area contributed by atoms with Gasteiger partial charge in [0.2, 0.25) is 5.91 Å². The maximum atomic E-state index is 13.5. The number of nitrogens with zero attached hydrogens (tertiary/aromatic N) is 4. The largest absolute Gasteiger partial charge is 0.487 e. The van der Waals surface area contributed by atoms with Gasteiger partial charge in [0.25, 0.3) is 0 Å². The lowest BCUT2D eigenvalue weighted by molar-refractivity contribution is -0.126. The standard InChI is InChI=1S/C31H31ClFN5O2S/c32-25-17-23(9-10-26(25)40-19-21-6-4-7-22(33)16-21)36-30-29-24-11-15-38(18-27(24)41-31(29)35-20-34-30)28(39)8-5-14-37-12-2-1-3-13-37/h4-10,16-17,20H,1-3,11-15,18-19H2,(H,34,35,36)/b8-5+. The Kier molecular flexibility index (Phi) is 8.46. The third-order valence-corrected chi connectivity index (χ3v) is 8.92. The highest BCUT2D eigenvalue weighted by atomic mass is 35.5. The number of hydrogen-bond donors (Lipinski definition) is 1. The van der Waals surface area contributed by atoms with Crippen molar-refractivity contribution in [3.05, 3.63) is 87.8 Å². The summed E-state index contributed by atoms with van der Waals surface area (Å²) in [5.74, 6) is 0.974. The smallest absolute Gasteiger partial charge is 0.246 e. The zero-order valence-electron chi connectivity index (χ0n) is 22.6. The molecule has 1 saturated heterocycles. The van der Waals surface area contributed by atoms with Crippen LogP contribution in [0.2, 0.25) is 5.02 Å². The summed E-state index contributed by atoms with van der Waals surface area (Å²) in [4.78, 5) is 28.3. The Bertz CT molecular complexity index is 1590. The van der Waals surface area contributed by atoms with E-state index in [1.54, 1.807) is 48.0 Å². The van der Waals surface area contributed by atoms with Gasteiger partial charge in [0.05, 0.1) is 17.0 Å². The first kappa shape index (κ1) is 27.6. The molecule has 2 aromatic heterocycles. The van der Waals surface area contributed by atoms with Crippen LogP contribution in [0.4, 0.5) is 15.9 Å². The number of fused-ring (bicyclic) bond motifs is 3. The molecule has 0 radical (unpaired) electrons. The molecule has 6 rings (SSSR count). The molecule has 0 atom stereocenters. The van der Waals surface area contributed by atoms with Crippen LogP contribution in [0.3, 0.4) is 0 Å². The molecule has 0 aliphatic carbocycles. The zero-order chi connectivity index (χ0) is 28.2. The van der Waals surface area contributed by atoms with Crippen LogP contribution in [0.25, 0.3) is 10.2 Å². The summed E-state index contributed by atoms with van der Waals surface area (Å²) in [5, 5.41) is 4.82. The Balaban J connectivity index is 1.13. The lowest BCUT2D eigenvalue weighted by Crippen LogP contribution is -2.34. The number of likely N-dealkylation sites (tertiary alicyclic amines) is 1. The number of rotatable bonds is 8. The summed E-state index contributed by atoms with van der Waals surface area (Å²) in [5.41, 5.74) is 2.68. The highest BCUT2D eigenvalue weighted by Crippen LogP contribution is 2.39. The molecule has 1 amide bonds. The maximum absolute atomic E-state index is 13.5. The van der Waals surface area contributed by atoms with Gasteiger partial charge in [0.1, 0.15) is 35.1 Å². The van der Waals surface area contributed by atoms with E-state index in [4.69, 9.17) is 16.3 Å². The minimum absolute atomic E-state index is 0.0592. The fraction of sp³-hybridized carbons (Fsp3) is 0.323. The van der Waals surface area contributed by atoms with Gasteiger partial charge in [-0.25, -0.2) is 14.4 Å². The van der Waals surface area contributed by atoms with E-state index in [1.807, 2.05) is 17.0 Å². The first-order valence-electron chi connectivity index (χ1n) is 13.9. The normalized spacial score (nSPS) is 15.8. The van der Waals surface area contributed by atoms with Crippen molar-refractivity contribution < 1.29 is 13.9 Å². The average molecular weight is 592 g/mol. The van der Waals surface area contributed by atoms with Crippen molar-refractivity contribution in [2.75, 3.05) is 31.5 Å². The number of aromatic nitrogens is 2. The number of thiophene rings is 1. The number of anilines is 2. The van der Waals surface area contributed by atoms with Gasteiger partial charge in [-0.2, -0.15) is 0 Å². The van der Waals surface area contributed by atoms with E-state index in [9.17, 15) is 9.18 Å². The van der Waals surface area contributed by atoms with Gasteiger partial charge < -0.3 is 15.0 Å². The summed E-state index contributed by atoms with van der Waals surface area (Å²) in [6.45, 7) is 4.51. The number of halogens is 2. The molecule has 10 heteroatoms. The minimum atomic E-state index is -0.303. The van der Waals surface area contributed by atoms with E-state index >= 15 is 0 Å². The number of amides is 1. The predicted octanol–water partition coefficient (Wildman–Crippen LogP) is 6.73. The molecule has 7 nitrogen and oxygen atoms in total. The van der Waals surface area contributed by atoms with Crippen molar-refractivity contribution in [3.63, 3.8) is 0 Å². The van der Waals surface area contributed by atoms with Crippen LogP contribution >= 0.6 is 22.9 Å². The quantitative estimate of drug-likeness (QED) is 0.229. The molecule has 2 aliphatic rings. The lowest BCUT2D eigenvalue weighted by atomic mass is 10.0. The van der Waals surface area contributed by atoms with Crippen LogP contribution in [0, 0.1) is 5.82 Å². The third-order valence-electron chi connectivity index (χ3n) is 7.50. The number of benzene rings is 2. The Labute approximate surface area is 247 Å². The van der Waals surface area contributed by atoms with Crippen LogP contribution in [0.15, 0.2) is 60.9 Å². The molecule has 4 heterocycles. The Morgan fingerprint density at radius 1 is 1.12 bits per heavy atom. The number of carbonyl (C=O) groups excluding carboxylic acids is 1. The molecule has 0 bridgehead atoms. The molecule has 212 valence electrons. The number of hydrogen-bond acceptors (Lipinski definition) is 7. The van der Waals surface area contributed by atoms with Crippen molar-refractivity contribution in [2.24, 2.45) is 0 Å².